The fourth-order valence-corrected chi connectivity index (χ4v) is 0.847. The van der Waals surface area contributed by atoms with Crippen LogP contribution in [0.3, 0.4) is 0 Å². The minimum Gasteiger partial charge on any atom is -0.383 e. The zero-order valence-electron chi connectivity index (χ0n) is 9.95. The lowest BCUT2D eigenvalue weighted by Crippen LogP contribution is -2.38. The molecule has 0 aromatic rings. The molecule has 0 aromatic heterocycles. The van der Waals surface area contributed by atoms with E-state index < -0.39 is 0 Å². The first-order valence-electron chi connectivity index (χ1n) is 4.88. The van der Waals surface area contributed by atoms with E-state index in [-0.39, 0.29) is 48.4 Å². The summed E-state index contributed by atoms with van der Waals surface area (Å²) in [4.78, 5) is 15.0. The quantitative estimate of drug-likeness (QED) is 0.267. The Morgan fingerprint density at radius 2 is 2.12 bits per heavy atom. The molecule has 0 atom stereocenters. The van der Waals surface area contributed by atoms with Gasteiger partial charge in [-0.05, 0) is 13.8 Å². The largest absolute Gasteiger partial charge is 0.383 e. The fraction of sp³-hybridized carbons (Fsp3) is 0.778. The molecule has 0 spiro atoms. The lowest BCUT2D eigenvalue weighted by molar-refractivity contribution is -0.119. The molecule has 0 aliphatic rings. The van der Waals surface area contributed by atoms with Crippen molar-refractivity contribution in [2.24, 2.45) is 10.7 Å². The van der Waals surface area contributed by atoms with Gasteiger partial charge in [0.25, 0.3) is 0 Å². The highest BCUT2D eigenvalue weighted by atomic mass is 127. The molecule has 96 valence electrons. The molecular weight excluding hydrogens is 323 g/mol. The number of ether oxygens (including phenoxy) is 1. The Bertz CT molecular complexity index is 222. The van der Waals surface area contributed by atoms with Crippen LogP contribution >= 0.6 is 24.0 Å². The third kappa shape index (κ3) is 11.5. The summed E-state index contributed by atoms with van der Waals surface area (Å²) in [6, 6.07) is 0.213. The summed E-state index contributed by atoms with van der Waals surface area (Å²) in [5.41, 5.74) is 5.51. The molecule has 0 unspecified atom stereocenters. The molecular formula is C9H21IN4O2. The minimum absolute atomic E-state index is 0. The Hall–Kier alpha value is -0.570. The normalized spacial score (nSPS) is 10.9. The second-order valence-corrected chi connectivity index (χ2v) is 3.34. The number of carbonyl (C=O) groups excluding carboxylic acids is 1. The van der Waals surface area contributed by atoms with Crippen molar-refractivity contribution in [2.75, 3.05) is 26.8 Å². The van der Waals surface area contributed by atoms with Crippen molar-refractivity contribution in [3.8, 4) is 0 Å². The summed E-state index contributed by atoms with van der Waals surface area (Å²) in [7, 11) is 1.58. The Kier molecular flexibility index (Phi) is 12.2. The standard InChI is InChI=1S/C9H20N4O2.HI/c1-7(2)13-9(10)12-6-8(14)11-4-5-15-3;/h7H,4-6H2,1-3H3,(H,11,14)(H3,10,12,13);1H. The predicted molar refractivity (Wildman–Crippen MR) is 75.1 cm³/mol. The van der Waals surface area contributed by atoms with E-state index in [1.807, 2.05) is 13.8 Å². The van der Waals surface area contributed by atoms with Gasteiger partial charge in [0.1, 0.15) is 6.54 Å². The second-order valence-electron chi connectivity index (χ2n) is 3.34. The Balaban J connectivity index is 0. The van der Waals surface area contributed by atoms with Gasteiger partial charge in [-0.1, -0.05) is 0 Å². The van der Waals surface area contributed by atoms with Crippen LogP contribution in [0.4, 0.5) is 0 Å². The number of rotatable bonds is 6. The van der Waals surface area contributed by atoms with E-state index in [2.05, 4.69) is 15.6 Å². The van der Waals surface area contributed by atoms with Crippen molar-refractivity contribution >= 4 is 35.8 Å². The summed E-state index contributed by atoms with van der Waals surface area (Å²) in [5, 5.41) is 5.53. The lowest BCUT2D eigenvalue weighted by atomic mass is 10.4. The van der Waals surface area contributed by atoms with Gasteiger partial charge in [-0.15, -0.1) is 24.0 Å². The van der Waals surface area contributed by atoms with Crippen molar-refractivity contribution in [3.63, 3.8) is 0 Å². The molecule has 0 aliphatic carbocycles. The van der Waals surface area contributed by atoms with Crippen LogP contribution < -0.4 is 16.4 Å². The summed E-state index contributed by atoms with van der Waals surface area (Å²) in [6.07, 6.45) is 0. The maximum atomic E-state index is 11.2. The Morgan fingerprint density at radius 1 is 1.50 bits per heavy atom. The first-order valence-corrected chi connectivity index (χ1v) is 4.88. The SMILES string of the molecule is COCCNC(=O)CN=C(N)NC(C)C.I. The molecule has 0 aromatic carbocycles. The Morgan fingerprint density at radius 3 is 2.62 bits per heavy atom. The van der Waals surface area contributed by atoms with E-state index in [0.717, 1.165) is 0 Å². The Labute approximate surface area is 113 Å². The number of halogens is 1. The fourth-order valence-electron chi connectivity index (χ4n) is 0.847. The summed E-state index contributed by atoms with van der Waals surface area (Å²) >= 11 is 0. The summed E-state index contributed by atoms with van der Waals surface area (Å²) in [6.45, 7) is 4.91. The molecule has 6 nitrogen and oxygen atoms in total. The number of guanidine groups is 1. The topological polar surface area (TPSA) is 88.7 Å². The summed E-state index contributed by atoms with van der Waals surface area (Å²) < 4.78 is 4.78. The smallest absolute Gasteiger partial charge is 0.241 e. The number of nitrogens with two attached hydrogens (primary N) is 1. The molecule has 16 heavy (non-hydrogen) atoms. The first-order chi connectivity index (χ1) is 7.06. The van der Waals surface area contributed by atoms with Crippen LogP contribution in [0.25, 0.3) is 0 Å². The van der Waals surface area contributed by atoms with Crippen LogP contribution in [0.2, 0.25) is 0 Å². The van der Waals surface area contributed by atoms with Crippen LogP contribution in [0.15, 0.2) is 4.99 Å². The molecule has 0 radical (unpaired) electrons. The number of carbonyl (C=O) groups is 1. The highest BCUT2D eigenvalue weighted by molar-refractivity contribution is 14.0. The van der Waals surface area contributed by atoms with Crippen molar-refractivity contribution in [3.05, 3.63) is 0 Å². The monoisotopic (exact) mass is 344 g/mol. The van der Waals surface area contributed by atoms with Gasteiger partial charge in [0.15, 0.2) is 5.96 Å². The van der Waals surface area contributed by atoms with Crippen LogP contribution in [0, 0.1) is 0 Å². The highest BCUT2D eigenvalue weighted by Gasteiger charge is 1.99. The van der Waals surface area contributed by atoms with Gasteiger partial charge >= 0.3 is 0 Å². The van der Waals surface area contributed by atoms with Crippen molar-refractivity contribution in [2.45, 2.75) is 19.9 Å². The van der Waals surface area contributed by atoms with Gasteiger partial charge in [0, 0.05) is 19.7 Å². The van der Waals surface area contributed by atoms with E-state index in [1.54, 1.807) is 7.11 Å². The van der Waals surface area contributed by atoms with Crippen LogP contribution in [0.1, 0.15) is 13.8 Å². The minimum atomic E-state index is -0.166. The van der Waals surface area contributed by atoms with Crippen LogP contribution in [-0.2, 0) is 9.53 Å². The third-order valence-corrected chi connectivity index (χ3v) is 1.46. The van der Waals surface area contributed by atoms with Crippen LogP contribution in [0.5, 0.6) is 0 Å². The number of nitrogens with one attached hydrogen (secondary N) is 2. The van der Waals surface area contributed by atoms with E-state index in [4.69, 9.17) is 10.5 Å². The molecule has 0 heterocycles. The molecule has 0 bridgehead atoms. The van der Waals surface area contributed by atoms with E-state index in [1.165, 1.54) is 0 Å². The van der Waals surface area contributed by atoms with E-state index >= 15 is 0 Å². The first kappa shape index (κ1) is 17.8. The van der Waals surface area contributed by atoms with Crippen LogP contribution in [-0.4, -0.2) is 44.7 Å². The molecule has 4 N–H and O–H groups in total. The van der Waals surface area contributed by atoms with Gasteiger partial charge in [-0.2, -0.15) is 0 Å². The molecule has 0 saturated carbocycles. The zero-order chi connectivity index (χ0) is 11.7. The molecule has 1 amide bonds. The van der Waals surface area contributed by atoms with Gasteiger partial charge in [-0.25, -0.2) is 4.99 Å². The van der Waals surface area contributed by atoms with E-state index in [0.29, 0.717) is 13.2 Å². The highest BCUT2D eigenvalue weighted by Crippen LogP contribution is 1.77. The number of nitrogens with zero attached hydrogens (tertiary/aromatic N) is 1. The van der Waals surface area contributed by atoms with Gasteiger partial charge < -0.3 is 21.1 Å². The number of hydrogen-bond acceptors (Lipinski definition) is 3. The average molecular weight is 344 g/mol. The number of hydrogen-bond donors (Lipinski definition) is 3. The molecule has 0 rings (SSSR count). The van der Waals surface area contributed by atoms with Crippen molar-refractivity contribution < 1.29 is 9.53 Å². The summed E-state index contributed by atoms with van der Waals surface area (Å²) in [5.74, 6) is 0.118. The molecule has 0 aliphatic heterocycles. The van der Waals surface area contributed by atoms with Gasteiger partial charge in [0.05, 0.1) is 6.61 Å². The molecule has 7 heteroatoms. The maximum Gasteiger partial charge on any atom is 0.241 e. The van der Waals surface area contributed by atoms with Gasteiger partial charge in [-0.3, -0.25) is 4.79 Å². The number of methoxy groups -OCH3 is 1. The van der Waals surface area contributed by atoms with Gasteiger partial charge in [0.2, 0.25) is 5.91 Å². The third-order valence-electron chi connectivity index (χ3n) is 1.46. The van der Waals surface area contributed by atoms with Crippen molar-refractivity contribution in [1.29, 1.82) is 0 Å². The maximum absolute atomic E-state index is 11.2. The number of aliphatic imine (C=N–C) groups is 1. The second kappa shape index (κ2) is 10.9. The zero-order valence-corrected chi connectivity index (χ0v) is 12.3. The predicted octanol–water partition coefficient (Wildman–Crippen LogP) is -0.320. The molecule has 0 saturated heterocycles. The van der Waals surface area contributed by atoms with E-state index in [9.17, 15) is 4.79 Å². The number of amides is 1. The van der Waals surface area contributed by atoms with Crippen molar-refractivity contribution in [1.82, 2.24) is 10.6 Å². The molecule has 0 fully saturated rings. The lowest BCUT2D eigenvalue weighted by Gasteiger charge is -2.08. The average Bonchev–Trinajstić information content (AvgIpc) is 2.14.